The molecule has 2 N–H and O–H groups in total. The Bertz CT molecular complexity index is 902. The second kappa shape index (κ2) is 6.45. The Hall–Kier alpha value is -2.66. The molecule has 0 spiro atoms. The monoisotopic (exact) mass is 343 g/mol. The highest BCUT2D eigenvalue weighted by Crippen LogP contribution is 2.28. The summed E-state index contributed by atoms with van der Waals surface area (Å²) in [6.45, 7) is 0. The van der Waals surface area contributed by atoms with Gasteiger partial charge in [0.25, 0.3) is 5.91 Å². The van der Waals surface area contributed by atoms with E-state index in [1.54, 1.807) is 19.2 Å². The molecule has 0 atom stereocenters. The zero-order chi connectivity index (χ0) is 17.3. The molecule has 0 saturated heterocycles. The number of fused-ring (bicyclic) bond motifs is 1. The van der Waals surface area contributed by atoms with E-state index in [9.17, 15) is 4.79 Å². The Morgan fingerprint density at radius 3 is 2.67 bits per heavy atom. The third-order valence-corrected chi connectivity index (χ3v) is 4.00. The van der Waals surface area contributed by atoms with E-state index in [0.29, 0.717) is 16.4 Å². The molecule has 0 aliphatic carbocycles. The van der Waals surface area contributed by atoms with Gasteiger partial charge in [-0.05, 0) is 36.4 Å². The zero-order valence-electron chi connectivity index (χ0n) is 13.7. The molecule has 1 aromatic heterocycles. The Morgan fingerprint density at radius 2 is 1.96 bits per heavy atom. The molecule has 0 bridgehead atoms. The molecule has 124 valence electrons. The Kier molecular flexibility index (Phi) is 4.36. The molecule has 0 fully saturated rings. The molecule has 0 radical (unpaired) electrons. The van der Waals surface area contributed by atoms with Crippen molar-refractivity contribution in [3.8, 4) is 5.75 Å². The van der Waals surface area contributed by atoms with Crippen LogP contribution in [0.1, 0.15) is 10.5 Å². The van der Waals surface area contributed by atoms with E-state index in [4.69, 9.17) is 16.3 Å². The SMILES string of the molecule is COc1ccc2cc(C(=O)Nc3cc(Cl)ccc3N(C)C)[nH]c2c1. The van der Waals surface area contributed by atoms with Crippen LogP contribution in [0.2, 0.25) is 5.02 Å². The number of hydrogen-bond acceptors (Lipinski definition) is 3. The van der Waals surface area contributed by atoms with Gasteiger partial charge in [0.2, 0.25) is 0 Å². The first-order valence-corrected chi connectivity index (χ1v) is 7.80. The van der Waals surface area contributed by atoms with Gasteiger partial charge < -0.3 is 19.9 Å². The van der Waals surface area contributed by atoms with Crippen LogP contribution in [0.4, 0.5) is 11.4 Å². The van der Waals surface area contributed by atoms with Gasteiger partial charge in [0, 0.05) is 36.1 Å². The summed E-state index contributed by atoms with van der Waals surface area (Å²) in [5, 5.41) is 4.42. The van der Waals surface area contributed by atoms with Gasteiger partial charge in [0.05, 0.1) is 18.5 Å². The molecule has 0 aliphatic heterocycles. The van der Waals surface area contributed by atoms with Crippen molar-refractivity contribution in [2.45, 2.75) is 0 Å². The summed E-state index contributed by atoms with van der Waals surface area (Å²) in [6, 6.07) is 12.8. The first kappa shape index (κ1) is 16.2. The molecule has 24 heavy (non-hydrogen) atoms. The quantitative estimate of drug-likeness (QED) is 0.748. The van der Waals surface area contributed by atoms with Gasteiger partial charge in [0.15, 0.2) is 0 Å². The lowest BCUT2D eigenvalue weighted by Crippen LogP contribution is -2.17. The number of anilines is 2. The topological polar surface area (TPSA) is 57.4 Å². The lowest BCUT2D eigenvalue weighted by atomic mass is 10.2. The van der Waals surface area contributed by atoms with Gasteiger partial charge in [0.1, 0.15) is 11.4 Å². The van der Waals surface area contributed by atoms with Crippen LogP contribution in [0.5, 0.6) is 5.75 Å². The average molecular weight is 344 g/mol. The summed E-state index contributed by atoms with van der Waals surface area (Å²) in [5.74, 6) is 0.511. The van der Waals surface area contributed by atoms with Crippen molar-refractivity contribution in [3.05, 3.63) is 53.2 Å². The van der Waals surface area contributed by atoms with Crippen LogP contribution in [0.3, 0.4) is 0 Å². The van der Waals surface area contributed by atoms with Crippen LogP contribution in [0, 0.1) is 0 Å². The molecular formula is C18H18ClN3O2. The van der Waals surface area contributed by atoms with E-state index in [-0.39, 0.29) is 5.91 Å². The first-order valence-electron chi connectivity index (χ1n) is 7.43. The highest BCUT2D eigenvalue weighted by atomic mass is 35.5. The largest absolute Gasteiger partial charge is 0.497 e. The average Bonchev–Trinajstić information content (AvgIpc) is 2.97. The lowest BCUT2D eigenvalue weighted by molar-refractivity contribution is 0.102. The van der Waals surface area contributed by atoms with Crippen molar-refractivity contribution in [2.24, 2.45) is 0 Å². The summed E-state index contributed by atoms with van der Waals surface area (Å²) in [4.78, 5) is 17.6. The molecule has 2 aromatic carbocycles. The summed E-state index contributed by atoms with van der Waals surface area (Å²) < 4.78 is 5.20. The Balaban J connectivity index is 1.91. The van der Waals surface area contributed by atoms with E-state index in [1.807, 2.05) is 49.3 Å². The van der Waals surface area contributed by atoms with E-state index < -0.39 is 0 Å². The molecule has 0 unspecified atom stereocenters. The number of hydrogen-bond donors (Lipinski definition) is 2. The van der Waals surface area contributed by atoms with Crippen LogP contribution in [-0.4, -0.2) is 32.1 Å². The number of ether oxygens (including phenoxy) is 1. The minimum atomic E-state index is -0.226. The van der Waals surface area contributed by atoms with Crippen molar-refractivity contribution in [2.75, 3.05) is 31.4 Å². The number of carbonyl (C=O) groups excluding carboxylic acids is 1. The van der Waals surface area contributed by atoms with Gasteiger partial charge in [-0.15, -0.1) is 0 Å². The highest BCUT2D eigenvalue weighted by molar-refractivity contribution is 6.31. The van der Waals surface area contributed by atoms with Crippen LogP contribution in [0.15, 0.2) is 42.5 Å². The smallest absolute Gasteiger partial charge is 0.272 e. The van der Waals surface area contributed by atoms with E-state index >= 15 is 0 Å². The number of methoxy groups -OCH3 is 1. The summed E-state index contributed by atoms with van der Waals surface area (Å²) in [5.41, 5.74) is 2.86. The maximum absolute atomic E-state index is 12.6. The first-order chi connectivity index (χ1) is 11.5. The maximum Gasteiger partial charge on any atom is 0.272 e. The fourth-order valence-electron chi connectivity index (χ4n) is 2.54. The van der Waals surface area contributed by atoms with E-state index in [0.717, 1.165) is 22.3 Å². The summed E-state index contributed by atoms with van der Waals surface area (Å²) >= 11 is 6.06. The lowest BCUT2D eigenvalue weighted by Gasteiger charge is -2.18. The fraction of sp³-hybridized carbons (Fsp3) is 0.167. The van der Waals surface area contributed by atoms with E-state index in [2.05, 4.69) is 10.3 Å². The van der Waals surface area contributed by atoms with Gasteiger partial charge >= 0.3 is 0 Å². The third kappa shape index (κ3) is 3.16. The normalized spacial score (nSPS) is 10.7. The number of aromatic nitrogens is 1. The van der Waals surface area contributed by atoms with Crippen molar-refractivity contribution in [1.82, 2.24) is 4.98 Å². The number of amides is 1. The minimum Gasteiger partial charge on any atom is -0.497 e. The van der Waals surface area contributed by atoms with Crippen LogP contribution in [0.25, 0.3) is 10.9 Å². The fourth-order valence-corrected chi connectivity index (χ4v) is 2.72. The molecule has 1 heterocycles. The van der Waals surface area contributed by atoms with Gasteiger partial charge in [-0.2, -0.15) is 0 Å². The number of rotatable bonds is 4. The molecule has 6 heteroatoms. The second-order valence-electron chi connectivity index (χ2n) is 5.65. The van der Waals surface area contributed by atoms with Crippen LogP contribution < -0.4 is 15.0 Å². The van der Waals surface area contributed by atoms with Crippen LogP contribution >= 0.6 is 11.6 Å². The molecule has 5 nitrogen and oxygen atoms in total. The zero-order valence-corrected chi connectivity index (χ0v) is 14.4. The standard InChI is InChI=1S/C18H18ClN3O2/c1-22(2)17-7-5-12(19)9-15(17)21-18(23)16-8-11-4-6-13(24-3)10-14(11)20-16/h4-10,20H,1-3H3,(H,21,23). The molecule has 3 rings (SSSR count). The molecule has 3 aromatic rings. The number of carbonyl (C=O) groups is 1. The number of nitrogens with zero attached hydrogens (tertiary/aromatic N) is 1. The van der Waals surface area contributed by atoms with Crippen molar-refractivity contribution in [1.29, 1.82) is 0 Å². The van der Waals surface area contributed by atoms with E-state index in [1.165, 1.54) is 0 Å². The Labute approximate surface area is 145 Å². The predicted molar refractivity (Wildman–Crippen MR) is 98.6 cm³/mol. The highest BCUT2D eigenvalue weighted by Gasteiger charge is 2.13. The van der Waals surface area contributed by atoms with Gasteiger partial charge in [-0.1, -0.05) is 11.6 Å². The third-order valence-electron chi connectivity index (χ3n) is 3.76. The predicted octanol–water partition coefficient (Wildman–Crippen LogP) is 4.15. The number of nitrogens with one attached hydrogen (secondary N) is 2. The van der Waals surface area contributed by atoms with Gasteiger partial charge in [-0.25, -0.2) is 0 Å². The molecule has 0 saturated carbocycles. The van der Waals surface area contributed by atoms with Gasteiger partial charge in [-0.3, -0.25) is 4.79 Å². The second-order valence-corrected chi connectivity index (χ2v) is 6.08. The molecule has 1 amide bonds. The summed E-state index contributed by atoms with van der Waals surface area (Å²) in [7, 11) is 5.43. The minimum absolute atomic E-state index is 0.226. The number of benzene rings is 2. The summed E-state index contributed by atoms with van der Waals surface area (Å²) in [6.07, 6.45) is 0. The maximum atomic E-state index is 12.6. The van der Waals surface area contributed by atoms with Crippen molar-refractivity contribution < 1.29 is 9.53 Å². The van der Waals surface area contributed by atoms with Crippen molar-refractivity contribution in [3.63, 3.8) is 0 Å². The number of halogens is 1. The van der Waals surface area contributed by atoms with Crippen LogP contribution in [-0.2, 0) is 0 Å². The molecule has 0 aliphatic rings. The van der Waals surface area contributed by atoms with Crippen molar-refractivity contribution >= 4 is 39.8 Å². The Morgan fingerprint density at radius 1 is 1.17 bits per heavy atom. The number of H-pyrrole nitrogens is 1. The molecular weight excluding hydrogens is 326 g/mol. The number of aromatic amines is 1.